The van der Waals surface area contributed by atoms with Gasteiger partial charge in [0.25, 0.3) is 4.57 Å². The van der Waals surface area contributed by atoms with Gasteiger partial charge in [-0.3, -0.25) is 0 Å². The molecule has 5 aromatic heterocycles. The summed E-state index contributed by atoms with van der Waals surface area (Å²) in [5.41, 5.74) is -6.42. The molecule has 51 heavy (non-hydrogen) atoms. The van der Waals surface area contributed by atoms with Crippen LogP contribution in [-0.2, 0) is 16.2 Å². The highest BCUT2D eigenvalue weighted by Gasteiger charge is 2.77. The number of aryl methyl sites for hydroxylation is 4. The molecular weight excluding hydrogens is 845 g/mol. The molecule has 5 aromatic rings. The molecule has 0 saturated carbocycles. The van der Waals surface area contributed by atoms with Crippen LogP contribution in [0.2, 0.25) is 15.5 Å². The van der Waals surface area contributed by atoms with E-state index in [1.54, 1.807) is 6.92 Å². The highest BCUT2D eigenvalue weighted by molar-refractivity contribution is 9.09. The fourth-order valence-corrected chi connectivity index (χ4v) is 8.37. The zero-order chi connectivity index (χ0) is 37.7. The Bertz CT molecular complexity index is 2260. The predicted octanol–water partition coefficient (Wildman–Crippen LogP) is 5.97. The lowest BCUT2D eigenvalue weighted by molar-refractivity contribution is -0.389. The van der Waals surface area contributed by atoms with Gasteiger partial charge >= 0.3 is 17.9 Å². The molecule has 1 aliphatic heterocycles. The van der Waals surface area contributed by atoms with Crippen LogP contribution in [0.5, 0.6) is 0 Å². The van der Waals surface area contributed by atoms with Crippen LogP contribution in [0.25, 0.3) is 0 Å². The van der Waals surface area contributed by atoms with E-state index in [-0.39, 0.29) is 38.2 Å². The minimum atomic E-state index is -6.09. The smallest absolute Gasteiger partial charge is 0.358 e. The van der Waals surface area contributed by atoms with Gasteiger partial charge in [0.1, 0.15) is 16.9 Å². The van der Waals surface area contributed by atoms with E-state index in [9.17, 15) is 28.5 Å². The Morgan fingerprint density at radius 1 is 0.863 bits per heavy atom. The molecule has 3 atom stereocenters. The lowest BCUT2D eigenvalue weighted by atomic mass is 10.1. The van der Waals surface area contributed by atoms with Crippen LogP contribution in [0, 0.1) is 49.1 Å². The van der Waals surface area contributed by atoms with E-state index < -0.39 is 44.3 Å². The highest BCUT2D eigenvalue weighted by Crippen LogP contribution is 2.57. The SMILES string of the molecule is Cc1cc(Cl)n(N2C(Cl)C(n3nc(C(F)(F)C(F)(F)F)cc3C)(n3nc(Cl)cc3Cl)C(Br)(n3nc(C#N)cc3C)N2n2nc([N+](=O)[O-])cc2C)n1. The first kappa shape index (κ1) is 36.6. The third-order valence-corrected chi connectivity index (χ3v) is 10.2. The number of aromatic nitrogens is 10. The zero-order valence-electron chi connectivity index (χ0n) is 25.8. The van der Waals surface area contributed by atoms with Crippen LogP contribution in [-0.4, -0.2) is 65.7 Å². The molecule has 3 unspecified atom stereocenters. The van der Waals surface area contributed by atoms with Crippen LogP contribution in [0.3, 0.4) is 0 Å². The van der Waals surface area contributed by atoms with Crippen molar-refractivity contribution in [2.45, 2.75) is 55.5 Å². The fraction of sp³-hybridized carbons (Fsp3) is 0.360. The number of hydrogen-bond donors (Lipinski definition) is 0. The summed E-state index contributed by atoms with van der Waals surface area (Å²) in [4.78, 5) is 13.1. The molecule has 0 amide bonds. The van der Waals surface area contributed by atoms with Crippen LogP contribution >= 0.6 is 62.3 Å². The number of halogens is 10. The molecule has 1 aliphatic rings. The lowest BCUT2D eigenvalue weighted by Gasteiger charge is -2.44. The Labute approximate surface area is 310 Å². The summed E-state index contributed by atoms with van der Waals surface area (Å²) in [6.07, 6.45) is -6.09. The van der Waals surface area contributed by atoms with E-state index in [4.69, 9.17) is 46.4 Å². The molecule has 270 valence electrons. The quantitative estimate of drug-likeness (QED) is 0.0627. The third kappa shape index (κ3) is 5.07. The second-order valence-electron chi connectivity index (χ2n) is 11.1. The van der Waals surface area contributed by atoms with Gasteiger partial charge in [-0.15, -0.1) is 9.91 Å². The molecule has 0 N–H and O–H groups in total. The van der Waals surface area contributed by atoms with E-state index in [1.165, 1.54) is 26.0 Å². The molecule has 0 bridgehead atoms. The van der Waals surface area contributed by atoms with Gasteiger partial charge in [-0.05, 0) is 60.7 Å². The number of nitrogens with zero attached hydrogens (tertiary/aromatic N) is 14. The molecule has 0 aliphatic carbocycles. The van der Waals surface area contributed by atoms with Gasteiger partial charge in [0.05, 0.1) is 22.6 Å². The van der Waals surface area contributed by atoms with E-state index in [2.05, 4.69) is 41.4 Å². The highest BCUT2D eigenvalue weighted by atomic mass is 79.9. The van der Waals surface area contributed by atoms with Gasteiger partial charge in [0, 0.05) is 23.5 Å². The van der Waals surface area contributed by atoms with E-state index >= 15 is 8.78 Å². The van der Waals surface area contributed by atoms with Crippen molar-refractivity contribution in [3.05, 3.63) is 90.1 Å². The number of hydrogen-bond acceptors (Lipinski definition) is 10. The Kier molecular flexibility index (Phi) is 8.57. The second kappa shape index (κ2) is 11.9. The number of alkyl halides is 7. The molecule has 6 heterocycles. The maximum absolute atomic E-state index is 15.1. The van der Waals surface area contributed by atoms with Crippen molar-refractivity contribution >= 4 is 68.2 Å². The largest absolute Gasteiger partial charge is 0.459 e. The first-order valence-corrected chi connectivity index (χ1v) is 16.3. The van der Waals surface area contributed by atoms with E-state index in [0.29, 0.717) is 16.4 Å². The maximum atomic E-state index is 15.1. The fourth-order valence-electron chi connectivity index (χ4n) is 5.73. The van der Waals surface area contributed by atoms with Crippen LogP contribution in [0.1, 0.15) is 34.2 Å². The average molecular weight is 863 g/mol. The number of hydrazine groups is 1. The van der Waals surface area contributed by atoms with Gasteiger partial charge in [0.15, 0.2) is 21.5 Å². The van der Waals surface area contributed by atoms with Crippen molar-refractivity contribution in [2.75, 3.05) is 10.2 Å². The summed E-state index contributed by atoms with van der Waals surface area (Å²) < 4.78 is 71.6. The van der Waals surface area contributed by atoms with Crippen molar-refractivity contribution in [3.8, 4) is 6.07 Å². The van der Waals surface area contributed by atoms with Gasteiger partial charge in [-0.25, -0.2) is 14.0 Å². The standard InChI is InChI=1S/C25H18BrCl4F5N14O2/c1-11-5-19(29)46(37-11)47-21(30)23(44-18(28)9-17(27)40-44,42-13(3)7-16(39-42)22(31,32)25(33,34)35)24(26,43-12(2)6-15(10-36)38-43)49(47)45-14(4)8-20(41-45)48(50)51/h5-9,21H,1-4H3. The summed E-state index contributed by atoms with van der Waals surface area (Å²) in [5, 5.41) is 44.1. The van der Waals surface area contributed by atoms with Crippen molar-refractivity contribution < 1.29 is 26.9 Å². The molecular formula is C25H18BrCl4F5N14O2. The van der Waals surface area contributed by atoms with Gasteiger partial charge < -0.3 is 10.1 Å². The molecule has 0 spiro atoms. The summed E-state index contributed by atoms with van der Waals surface area (Å²) in [6.45, 7) is 5.57. The van der Waals surface area contributed by atoms with Gasteiger partial charge in [-0.2, -0.15) is 52.7 Å². The van der Waals surface area contributed by atoms with Crippen LogP contribution in [0.4, 0.5) is 27.8 Å². The summed E-state index contributed by atoms with van der Waals surface area (Å²) >= 11 is 30.8. The van der Waals surface area contributed by atoms with Gasteiger partial charge in [-0.1, -0.05) is 51.2 Å². The van der Waals surface area contributed by atoms with Crippen LogP contribution in [0.15, 0.2) is 30.3 Å². The monoisotopic (exact) mass is 860 g/mol. The van der Waals surface area contributed by atoms with Crippen molar-refractivity contribution in [2.24, 2.45) is 0 Å². The van der Waals surface area contributed by atoms with Crippen molar-refractivity contribution in [1.82, 2.24) is 49.1 Å². The normalized spacial score (nSPS) is 21.2. The van der Waals surface area contributed by atoms with Gasteiger partial charge in [0.2, 0.25) is 5.66 Å². The Morgan fingerprint density at radius 3 is 2.00 bits per heavy atom. The van der Waals surface area contributed by atoms with Crippen LogP contribution < -0.4 is 10.2 Å². The predicted molar refractivity (Wildman–Crippen MR) is 173 cm³/mol. The molecule has 16 nitrogen and oxygen atoms in total. The van der Waals surface area contributed by atoms with E-state index in [0.717, 1.165) is 48.2 Å². The second-order valence-corrected chi connectivity index (χ2v) is 13.8. The number of rotatable bonds is 7. The Hall–Kier alpha value is -4.17. The molecule has 0 radical (unpaired) electrons. The topological polar surface area (TPSA) is 163 Å². The molecule has 26 heteroatoms. The number of nitro groups is 1. The average Bonchev–Trinajstić information content (AvgIpc) is 3.86. The Morgan fingerprint density at radius 2 is 1.51 bits per heavy atom. The molecule has 0 aromatic carbocycles. The molecule has 1 saturated heterocycles. The minimum absolute atomic E-state index is 0.0339. The first-order valence-electron chi connectivity index (χ1n) is 13.9. The maximum Gasteiger partial charge on any atom is 0.459 e. The first-order chi connectivity index (χ1) is 23.6. The minimum Gasteiger partial charge on any atom is -0.358 e. The molecule has 6 rings (SSSR count). The summed E-state index contributed by atoms with van der Waals surface area (Å²) in [5.74, 6) is -6.19. The van der Waals surface area contributed by atoms with E-state index in [1.807, 2.05) is 6.07 Å². The van der Waals surface area contributed by atoms with Crippen molar-refractivity contribution in [1.29, 1.82) is 5.26 Å². The zero-order valence-corrected chi connectivity index (χ0v) is 30.4. The third-order valence-electron chi connectivity index (χ3n) is 7.77. The summed E-state index contributed by atoms with van der Waals surface area (Å²) in [6, 6.07) is 7.23. The Balaban J connectivity index is 1.88. The molecule has 1 fully saturated rings. The number of nitriles is 1. The lowest BCUT2D eigenvalue weighted by Crippen LogP contribution is -2.66. The summed E-state index contributed by atoms with van der Waals surface area (Å²) in [7, 11) is 0. The van der Waals surface area contributed by atoms with Crippen molar-refractivity contribution in [3.63, 3.8) is 0 Å².